The van der Waals surface area contributed by atoms with E-state index in [2.05, 4.69) is 12.2 Å². The molecule has 132 valence electrons. The molecule has 0 saturated carbocycles. The minimum Gasteiger partial charge on any atom is -0.465 e. The first-order valence-electron chi connectivity index (χ1n) is 8.81. The summed E-state index contributed by atoms with van der Waals surface area (Å²) in [5.41, 5.74) is 1.20. The summed E-state index contributed by atoms with van der Waals surface area (Å²) < 4.78 is 5.32. The number of amides is 1. The minimum atomic E-state index is -0.645. The number of esters is 1. The number of carbonyl (C=O) groups is 2. The topological polar surface area (TPSA) is 58.6 Å². The lowest BCUT2D eigenvalue weighted by atomic mass is 9.90. The van der Waals surface area contributed by atoms with Gasteiger partial charge in [-0.05, 0) is 51.3 Å². The second kappa shape index (κ2) is 8.29. The van der Waals surface area contributed by atoms with Gasteiger partial charge in [-0.3, -0.25) is 14.5 Å². The van der Waals surface area contributed by atoms with Crippen molar-refractivity contribution in [2.24, 2.45) is 0 Å². The van der Waals surface area contributed by atoms with Crippen LogP contribution in [0.5, 0.6) is 0 Å². The van der Waals surface area contributed by atoms with Crippen molar-refractivity contribution in [3.8, 4) is 0 Å². The largest absolute Gasteiger partial charge is 0.465 e. The number of nitrogens with one attached hydrogen (secondary N) is 1. The van der Waals surface area contributed by atoms with Gasteiger partial charge in [0.15, 0.2) is 0 Å². The number of likely N-dealkylation sites (tertiary alicyclic amines) is 1. The predicted octanol–water partition coefficient (Wildman–Crippen LogP) is 3.13. The van der Waals surface area contributed by atoms with Crippen LogP contribution in [0.3, 0.4) is 0 Å². The highest BCUT2D eigenvalue weighted by atomic mass is 16.5. The quantitative estimate of drug-likeness (QED) is 0.779. The van der Waals surface area contributed by atoms with Crippen LogP contribution in [-0.4, -0.2) is 42.0 Å². The third-order valence-electron chi connectivity index (χ3n) is 4.70. The molecule has 1 aliphatic heterocycles. The van der Waals surface area contributed by atoms with E-state index in [-0.39, 0.29) is 18.4 Å². The number of carbonyl (C=O) groups excluding carboxylic acids is 2. The van der Waals surface area contributed by atoms with Gasteiger partial charge in [0.1, 0.15) is 5.54 Å². The molecule has 1 saturated heterocycles. The number of hydrogen-bond acceptors (Lipinski definition) is 4. The van der Waals surface area contributed by atoms with Crippen molar-refractivity contribution in [2.45, 2.75) is 52.0 Å². The van der Waals surface area contributed by atoms with Gasteiger partial charge in [-0.2, -0.15) is 0 Å². The molecule has 1 amide bonds. The SMILES string of the molecule is CCC[C@]1(C(=O)OCC)CCCN1CC(=O)Nc1ccccc1C. The highest BCUT2D eigenvalue weighted by molar-refractivity contribution is 5.93. The van der Waals surface area contributed by atoms with Crippen LogP contribution in [0.15, 0.2) is 24.3 Å². The molecular formula is C19H28N2O3. The zero-order valence-corrected chi connectivity index (χ0v) is 14.9. The molecule has 5 heteroatoms. The molecular weight excluding hydrogens is 304 g/mol. The van der Waals surface area contributed by atoms with Gasteiger partial charge in [-0.25, -0.2) is 0 Å². The molecule has 1 heterocycles. The van der Waals surface area contributed by atoms with Gasteiger partial charge in [-0.1, -0.05) is 31.5 Å². The monoisotopic (exact) mass is 332 g/mol. The van der Waals surface area contributed by atoms with E-state index in [0.29, 0.717) is 6.61 Å². The number of para-hydroxylation sites is 1. The number of anilines is 1. The maximum atomic E-state index is 12.6. The molecule has 0 spiro atoms. The summed E-state index contributed by atoms with van der Waals surface area (Å²) in [5, 5.41) is 2.96. The van der Waals surface area contributed by atoms with E-state index in [1.165, 1.54) is 0 Å². The smallest absolute Gasteiger partial charge is 0.326 e. The van der Waals surface area contributed by atoms with Crippen molar-refractivity contribution in [2.75, 3.05) is 25.0 Å². The van der Waals surface area contributed by atoms with E-state index < -0.39 is 5.54 Å². The molecule has 0 aromatic heterocycles. The maximum absolute atomic E-state index is 12.6. The minimum absolute atomic E-state index is 0.0871. The average molecular weight is 332 g/mol. The number of benzene rings is 1. The Balaban J connectivity index is 2.09. The van der Waals surface area contributed by atoms with Crippen LogP contribution in [0.2, 0.25) is 0 Å². The lowest BCUT2D eigenvalue weighted by Crippen LogP contribution is -2.53. The molecule has 1 fully saturated rings. The molecule has 2 rings (SSSR count). The molecule has 0 unspecified atom stereocenters. The van der Waals surface area contributed by atoms with E-state index in [1.54, 1.807) is 0 Å². The van der Waals surface area contributed by atoms with Gasteiger partial charge in [0.05, 0.1) is 13.2 Å². The van der Waals surface area contributed by atoms with Crippen molar-refractivity contribution >= 4 is 17.6 Å². The van der Waals surface area contributed by atoms with Gasteiger partial charge in [0.2, 0.25) is 5.91 Å². The van der Waals surface area contributed by atoms with Crippen LogP contribution in [0.4, 0.5) is 5.69 Å². The normalized spacial score (nSPS) is 20.8. The van der Waals surface area contributed by atoms with E-state index in [4.69, 9.17) is 4.74 Å². The van der Waals surface area contributed by atoms with Crippen molar-refractivity contribution in [1.82, 2.24) is 4.90 Å². The van der Waals surface area contributed by atoms with Gasteiger partial charge in [0, 0.05) is 5.69 Å². The van der Waals surface area contributed by atoms with E-state index >= 15 is 0 Å². The first kappa shape index (κ1) is 18.5. The molecule has 5 nitrogen and oxygen atoms in total. The molecule has 0 radical (unpaired) electrons. The highest BCUT2D eigenvalue weighted by Gasteiger charge is 2.48. The predicted molar refractivity (Wildman–Crippen MR) is 94.9 cm³/mol. The van der Waals surface area contributed by atoms with Crippen molar-refractivity contribution in [3.63, 3.8) is 0 Å². The standard InChI is InChI=1S/C19H28N2O3/c1-4-11-19(18(23)24-5-2)12-8-13-21(19)14-17(22)20-16-10-7-6-9-15(16)3/h6-7,9-10H,4-5,8,11-14H2,1-3H3,(H,20,22)/t19-/m1/s1. The number of hydrogen-bond donors (Lipinski definition) is 1. The van der Waals surface area contributed by atoms with E-state index in [1.807, 2.05) is 43.0 Å². The summed E-state index contributed by atoms with van der Waals surface area (Å²) in [6.45, 7) is 7.18. The summed E-state index contributed by atoms with van der Waals surface area (Å²) in [4.78, 5) is 27.1. The number of aryl methyl sites for hydroxylation is 1. The van der Waals surface area contributed by atoms with Gasteiger partial charge < -0.3 is 10.1 Å². The molecule has 1 aliphatic rings. The fourth-order valence-corrected chi connectivity index (χ4v) is 3.54. The fraction of sp³-hybridized carbons (Fsp3) is 0.579. The fourth-order valence-electron chi connectivity index (χ4n) is 3.54. The second-order valence-electron chi connectivity index (χ2n) is 6.39. The Morgan fingerprint density at radius 2 is 2.04 bits per heavy atom. The van der Waals surface area contributed by atoms with E-state index in [9.17, 15) is 9.59 Å². The van der Waals surface area contributed by atoms with Gasteiger partial charge >= 0.3 is 5.97 Å². The Morgan fingerprint density at radius 3 is 2.71 bits per heavy atom. The lowest BCUT2D eigenvalue weighted by molar-refractivity contribution is -0.157. The number of ether oxygens (including phenoxy) is 1. The highest BCUT2D eigenvalue weighted by Crippen LogP contribution is 2.34. The first-order chi connectivity index (χ1) is 11.5. The number of nitrogens with zero attached hydrogens (tertiary/aromatic N) is 1. The Bertz CT molecular complexity index is 588. The van der Waals surface area contributed by atoms with E-state index in [0.717, 1.165) is 43.5 Å². The maximum Gasteiger partial charge on any atom is 0.326 e. The Morgan fingerprint density at radius 1 is 1.29 bits per heavy atom. The summed E-state index contributed by atoms with van der Waals surface area (Å²) in [7, 11) is 0. The summed E-state index contributed by atoms with van der Waals surface area (Å²) in [6.07, 6.45) is 3.28. The van der Waals surface area contributed by atoms with Crippen molar-refractivity contribution in [3.05, 3.63) is 29.8 Å². The van der Waals surface area contributed by atoms with Crippen LogP contribution >= 0.6 is 0 Å². The summed E-state index contributed by atoms with van der Waals surface area (Å²) in [6, 6.07) is 7.70. The van der Waals surface area contributed by atoms with Crippen molar-refractivity contribution < 1.29 is 14.3 Å². The third-order valence-corrected chi connectivity index (χ3v) is 4.70. The molecule has 1 aromatic rings. The zero-order valence-electron chi connectivity index (χ0n) is 14.9. The van der Waals surface area contributed by atoms with Crippen LogP contribution in [0, 0.1) is 6.92 Å². The molecule has 0 aliphatic carbocycles. The Labute approximate surface area is 144 Å². The average Bonchev–Trinajstić information content (AvgIpc) is 2.94. The lowest BCUT2D eigenvalue weighted by Gasteiger charge is -2.35. The third kappa shape index (κ3) is 3.96. The Hall–Kier alpha value is -1.88. The number of rotatable bonds is 7. The van der Waals surface area contributed by atoms with Crippen LogP contribution < -0.4 is 5.32 Å². The van der Waals surface area contributed by atoms with Gasteiger partial charge in [0.25, 0.3) is 0 Å². The molecule has 1 N–H and O–H groups in total. The molecule has 1 atom stereocenters. The van der Waals surface area contributed by atoms with Crippen LogP contribution in [0.1, 0.15) is 45.1 Å². The summed E-state index contributed by atoms with van der Waals surface area (Å²) in [5.74, 6) is -0.274. The van der Waals surface area contributed by atoms with Gasteiger partial charge in [-0.15, -0.1) is 0 Å². The molecule has 0 bridgehead atoms. The van der Waals surface area contributed by atoms with Crippen molar-refractivity contribution in [1.29, 1.82) is 0 Å². The summed E-state index contributed by atoms with van der Waals surface area (Å²) >= 11 is 0. The first-order valence-corrected chi connectivity index (χ1v) is 8.81. The van der Waals surface area contributed by atoms with Crippen LogP contribution in [-0.2, 0) is 14.3 Å². The van der Waals surface area contributed by atoms with Crippen LogP contribution in [0.25, 0.3) is 0 Å². The zero-order chi connectivity index (χ0) is 17.6. The Kier molecular flexibility index (Phi) is 6.37. The molecule has 1 aromatic carbocycles. The molecule has 24 heavy (non-hydrogen) atoms. The second-order valence-corrected chi connectivity index (χ2v) is 6.39.